The molecule has 2 aliphatic rings. The molecule has 1 aromatic heterocycles. The van der Waals surface area contributed by atoms with Crippen molar-refractivity contribution in [3.8, 4) is 0 Å². The summed E-state index contributed by atoms with van der Waals surface area (Å²) < 4.78 is 20.4. The maximum Gasteiger partial charge on any atom is 0.256 e. The van der Waals surface area contributed by atoms with E-state index in [0.717, 1.165) is 11.3 Å². The second-order valence-corrected chi connectivity index (χ2v) is 6.39. The van der Waals surface area contributed by atoms with Gasteiger partial charge in [0.05, 0.1) is 35.5 Å². The average Bonchev–Trinajstić information content (AvgIpc) is 2.91. The van der Waals surface area contributed by atoms with Gasteiger partial charge in [0.25, 0.3) is 5.91 Å². The minimum absolute atomic E-state index is 0.267. The number of anilines is 2. The van der Waals surface area contributed by atoms with E-state index in [4.69, 9.17) is 22.1 Å². The van der Waals surface area contributed by atoms with Crippen molar-refractivity contribution >= 4 is 29.0 Å². The van der Waals surface area contributed by atoms with Crippen molar-refractivity contribution in [1.29, 1.82) is 0 Å². The Kier molecular flexibility index (Phi) is 3.69. The van der Waals surface area contributed by atoms with Gasteiger partial charge in [-0.05, 0) is 24.1 Å². The number of benzene rings is 1. The number of aromatic nitrogens is 2. The maximum atomic E-state index is 13.8. The van der Waals surface area contributed by atoms with Gasteiger partial charge < -0.3 is 15.8 Å². The highest BCUT2D eigenvalue weighted by Gasteiger charge is 2.32. The Hall–Kier alpha value is -2.12. The van der Waals surface area contributed by atoms with Crippen LogP contribution in [0.5, 0.6) is 0 Å². The van der Waals surface area contributed by atoms with E-state index in [1.807, 2.05) is 0 Å². The van der Waals surface area contributed by atoms with E-state index in [1.54, 1.807) is 0 Å². The van der Waals surface area contributed by atoms with Crippen LogP contribution in [0.4, 0.5) is 15.9 Å². The molecular formula is C16H16ClFN4O2. The Balaban J connectivity index is 1.76. The zero-order chi connectivity index (χ0) is 16.8. The standard InChI is InChI=1S/C16H16ClFN4O2/c17-12-6-8(18)5-10-9(1-3-20-14(10)12)16(23)22-15(19)11-7-24-4-2-13(11)21-22/h5-6,9,20H,1-4,7,19H2. The number of carbonyl (C=O) groups is 1. The Morgan fingerprint density at radius 3 is 3.12 bits per heavy atom. The molecule has 4 rings (SSSR count). The zero-order valence-corrected chi connectivity index (χ0v) is 13.6. The minimum atomic E-state index is -0.543. The van der Waals surface area contributed by atoms with Gasteiger partial charge in [-0.15, -0.1) is 0 Å². The van der Waals surface area contributed by atoms with Crippen molar-refractivity contribution in [3.05, 3.63) is 39.8 Å². The summed E-state index contributed by atoms with van der Waals surface area (Å²) >= 11 is 6.10. The number of fused-ring (bicyclic) bond motifs is 2. The summed E-state index contributed by atoms with van der Waals surface area (Å²) in [5.41, 5.74) is 8.79. The smallest absolute Gasteiger partial charge is 0.256 e. The fourth-order valence-electron chi connectivity index (χ4n) is 3.34. The molecule has 24 heavy (non-hydrogen) atoms. The van der Waals surface area contributed by atoms with Crippen LogP contribution in [0.2, 0.25) is 5.02 Å². The zero-order valence-electron chi connectivity index (χ0n) is 12.8. The lowest BCUT2D eigenvalue weighted by atomic mass is 9.90. The van der Waals surface area contributed by atoms with Crippen molar-refractivity contribution in [1.82, 2.24) is 9.78 Å². The third kappa shape index (κ3) is 2.35. The molecule has 0 saturated carbocycles. The van der Waals surface area contributed by atoms with Gasteiger partial charge >= 0.3 is 0 Å². The minimum Gasteiger partial charge on any atom is -0.384 e. The van der Waals surface area contributed by atoms with Gasteiger partial charge in [0.15, 0.2) is 0 Å². The van der Waals surface area contributed by atoms with E-state index in [2.05, 4.69) is 10.4 Å². The van der Waals surface area contributed by atoms with E-state index in [-0.39, 0.29) is 10.9 Å². The first-order valence-corrected chi connectivity index (χ1v) is 8.15. The summed E-state index contributed by atoms with van der Waals surface area (Å²) in [6.45, 7) is 1.49. The quantitative estimate of drug-likeness (QED) is 0.826. The van der Waals surface area contributed by atoms with Gasteiger partial charge in [-0.1, -0.05) is 11.6 Å². The van der Waals surface area contributed by atoms with Crippen molar-refractivity contribution in [2.75, 3.05) is 24.2 Å². The summed E-state index contributed by atoms with van der Waals surface area (Å²) in [6.07, 6.45) is 1.15. The number of nitrogens with two attached hydrogens (primary N) is 1. The lowest BCUT2D eigenvalue weighted by Gasteiger charge is -2.26. The third-order valence-corrected chi connectivity index (χ3v) is 4.84. The number of nitrogen functional groups attached to an aromatic ring is 1. The third-order valence-electron chi connectivity index (χ3n) is 4.54. The molecule has 1 aromatic carbocycles. The predicted octanol–water partition coefficient (Wildman–Crippen LogP) is 2.57. The highest BCUT2D eigenvalue weighted by Crippen LogP contribution is 2.38. The van der Waals surface area contributed by atoms with Crippen molar-refractivity contribution in [2.24, 2.45) is 0 Å². The lowest BCUT2D eigenvalue weighted by Crippen LogP contribution is -2.28. The van der Waals surface area contributed by atoms with Crippen LogP contribution in [-0.2, 0) is 17.8 Å². The molecule has 6 nitrogen and oxygen atoms in total. The van der Waals surface area contributed by atoms with Gasteiger partial charge in [0, 0.05) is 18.5 Å². The van der Waals surface area contributed by atoms with Crippen molar-refractivity contribution in [2.45, 2.75) is 25.4 Å². The van der Waals surface area contributed by atoms with Crippen LogP contribution in [0.3, 0.4) is 0 Å². The molecule has 3 N–H and O–H groups in total. The first-order chi connectivity index (χ1) is 11.6. The van der Waals surface area contributed by atoms with E-state index in [9.17, 15) is 9.18 Å². The Morgan fingerprint density at radius 1 is 1.50 bits per heavy atom. The van der Waals surface area contributed by atoms with Gasteiger partial charge in [0.1, 0.15) is 11.6 Å². The first kappa shape index (κ1) is 15.4. The van der Waals surface area contributed by atoms with Crippen LogP contribution >= 0.6 is 11.6 Å². The highest BCUT2D eigenvalue weighted by atomic mass is 35.5. The fraction of sp³-hybridized carbons (Fsp3) is 0.375. The molecule has 2 aromatic rings. The molecular weight excluding hydrogens is 335 g/mol. The molecule has 126 valence electrons. The van der Waals surface area contributed by atoms with E-state index < -0.39 is 11.7 Å². The number of hydrogen-bond donors (Lipinski definition) is 2. The number of nitrogens with zero attached hydrogens (tertiary/aromatic N) is 2. The summed E-state index contributed by atoms with van der Waals surface area (Å²) in [7, 11) is 0. The van der Waals surface area contributed by atoms with Crippen LogP contribution in [-0.4, -0.2) is 28.8 Å². The predicted molar refractivity (Wildman–Crippen MR) is 87.9 cm³/mol. The number of ether oxygens (including phenoxy) is 1. The van der Waals surface area contributed by atoms with Crippen molar-refractivity contribution in [3.63, 3.8) is 0 Å². The van der Waals surface area contributed by atoms with E-state index in [1.165, 1.54) is 16.8 Å². The topological polar surface area (TPSA) is 82.2 Å². The second kappa shape index (κ2) is 5.75. The molecule has 2 aliphatic heterocycles. The highest BCUT2D eigenvalue weighted by molar-refractivity contribution is 6.33. The Labute approximate surface area is 142 Å². The van der Waals surface area contributed by atoms with Crippen LogP contribution in [0.25, 0.3) is 0 Å². The van der Waals surface area contributed by atoms with Gasteiger partial charge in [-0.25, -0.2) is 4.39 Å². The van der Waals surface area contributed by atoms with Crippen molar-refractivity contribution < 1.29 is 13.9 Å². The number of carbonyl (C=O) groups excluding carboxylic acids is 1. The molecule has 0 bridgehead atoms. The second-order valence-electron chi connectivity index (χ2n) is 5.98. The fourth-order valence-corrected chi connectivity index (χ4v) is 3.62. The number of nitrogens with one attached hydrogen (secondary N) is 1. The molecule has 3 heterocycles. The SMILES string of the molecule is Nc1c2c(nn1C(=O)C1CCNc3c(Cl)cc(F)cc31)CCOC2. The molecule has 0 spiro atoms. The molecule has 0 radical (unpaired) electrons. The summed E-state index contributed by atoms with van der Waals surface area (Å²) in [5.74, 6) is -0.982. The molecule has 0 saturated heterocycles. The molecule has 8 heteroatoms. The van der Waals surface area contributed by atoms with Gasteiger partial charge in [-0.2, -0.15) is 9.78 Å². The summed E-state index contributed by atoms with van der Waals surface area (Å²) in [5, 5.41) is 7.75. The monoisotopic (exact) mass is 350 g/mol. The Bertz CT molecular complexity index is 836. The number of rotatable bonds is 1. The molecule has 1 unspecified atom stereocenters. The Morgan fingerprint density at radius 2 is 2.33 bits per heavy atom. The maximum absolute atomic E-state index is 13.8. The summed E-state index contributed by atoms with van der Waals surface area (Å²) in [4.78, 5) is 13.0. The van der Waals surface area contributed by atoms with E-state index in [0.29, 0.717) is 49.7 Å². The van der Waals surface area contributed by atoms with Crippen LogP contribution in [0.15, 0.2) is 12.1 Å². The largest absolute Gasteiger partial charge is 0.384 e. The lowest BCUT2D eigenvalue weighted by molar-refractivity contribution is 0.0859. The number of hydrogen-bond acceptors (Lipinski definition) is 5. The van der Waals surface area contributed by atoms with Gasteiger partial charge in [0.2, 0.25) is 0 Å². The van der Waals surface area contributed by atoms with Crippen LogP contribution in [0.1, 0.15) is 34.0 Å². The molecule has 0 fully saturated rings. The van der Waals surface area contributed by atoms with Crippen LogP contribution in [0, 0.1) is 5.82 Å². The first-order valence-electron chi connectivity index (χ1n) is 7.77. The number of halogens is 2. The van der Waals surface area contributed by atoms with Gasteiger partial charge in [-0.3, -0.25) is 4.79 Å². The molecule has 1 atom stereocenters. The average molecular weight is 351 g/mol. The van der Waals surface area contributed by atoms with E-state index >= 15 is 0 Å². The normalized spacial score (nSPS) is 19.3. The van der Waals surface area contributed by atoms with Crippen LogP contribution < -0.4 is 11.1 Å². The molecule has 0 amide bonds. The molecule has 0 aliphatic carbocycles. The summed E-state index contributed by atoms with van der Waals surface area (Å²) in [6, 6.07) is 2.58.